The molecule has 1 aromatic carbocycles. The number of nitrogens with one attached hydrogen (secondary N) is 1. The molecule has 0 spiro atoms. The van der Waals surface area contributed by atoms with E-state index in [1.807, 2.05) is 5.38 Å². The fourth-order valence-corrected chi connectivity index (χ4v) is 2.46. The molecule has 1 aromatic heterocycles. The maximum absolute atomic E-state index is 12.1. The van der Waals surface area contributed by atoms with Gasteiger partial charge in [-0.3, -0.25) is 4.79 Å². The predicted octanol–water partition coefficient (Wildman–Crippen LogP) is 2.31. The first kappa shape index (κ1) is 13.4. The van der Waals surface area contributed by atoms with E-state index in [2.05, 4.69) is 16.8 Å². The molecule has 0 aliphatic heterocycles. The minimum absolute atomic E-state index is 0.167. The summed E-state index contributed by atoms with van der Waals surface area (Å²) in [6, 6.07) is 7.08. The number of hydrogen-bond acceptors (Lipinski definition) is 4. The topological polar surface area (TPSA) is 64.3 Å². The maximum atomic E-state index is 12.1. The summed E-state index contributed by atoms with van der Waals surface area (Å²) >= 11 is 1.65. The van der Waals surface area contributed by atoms with Gasteiger partial charge >= 0.3 is 0 Å². The highest BCUT2D eigenvalue weighted by Crippen LogP contribution is 2.20. The van der Waals surface area contributed by atoms with Crippen molar-refractivity contribution in [3.63, 3.8) is 0 Å². The molecule has 0 bridgehead atoms. The number of nitrogens with two attached hydrogens (primary N) is 1. The summed E-state index contributed by atoms with van der Waals surface area (Å²) in [5.74, 6) is 0.363. The number of carbonyl (C=O) groups is 1. The smallest absolute Gasteiger partial charge is 0.255 e. The molecule has 100 valence electrons. The largest absolute Gasteiger partial charge is 0.496 e. The van der Waals surface area contributed by atoms with Gasteiger partial charge in [-0.15, -0.1) is 0 Å². The van der Waals surface area contributed by atoms with Crippen LogP contribution < -0.4 is 15.8 Å². The van der Waals surface area contributed by atoms with E-state index < -0.39 is 0 Å². The van der Waals surface area contributed by atoms with Crippen LogP contribution in [-0.2, 0) is 6.42 Å². The van der Waals surface area contributed by atoms with Gasteiger partial charge in [0, 0.05) is 12.2 Å². The van der Waals surface area contributed by atoms with Gasteiger partial charge in [0.2, 0.25) is 0 Å². The van der Waals surface area contributed by atoms with Gasteiger partial charge in [0.1, 0.15) is 5.75 Å². The third kappa shape index (κ3) is 3.48. The van der Waals surface area contributed by atoms with Crippen LogP contribution in [0.15, 0.2) is 35.0 Å². The second-order valence-corrected chi connectivity index (χ2v) is 4.88. The van der Waals surface area contributed by atoms with Crippen molar-refractivity contribution in [2.75, 3.05) is 19.4 Å². The molecule has 2 aromatic rings. The van der Waals surface area contributed by atoms with E-state index in [4.69, 9.17) is 10.5 Å². The molecule has 19 heavy (non-hydrogen) atoms. The number of hydrogen-bond donors (Lipinski definition) is 2. The molecule has 0 unspecified atom stereocenters. The normalized spacial score (nSPS) is 10.2. The highest BCUT2D eigenvalue weighted by Gasteiger charge is 2.12. The van der Waals surface area contributed by atoms with Crippen molar-refractivity contribution in [1.82, 2.24) is 5.32 Å². The van der Waals surface area contributed by atoms with Crippen molar-refractivity contribution < 1.29 is 9.53 Å². The third-order valence-corrected chi connectivity index (χ3v) is 3.48. The zero-order valence-electron chi connectivity index (χ0n) is 10.7. The maximum Gasteiger partial charge on any atom is 0.255 e. The molecule has 0 aliphatic carbocycles. The van der Waals surface area contributed by atoms with E-state index in [-0.39, 0.29) is 5.91 Å². The lowest BCUT2D eigenvalue weighted by molar-refractivity contribution is 0.0951. The van der Waals surface area contributed by atoms with Crippen molar-refractivity contribution in [2.45, 2.75) is 6.42 Å². The fourth-order valence-electron chi connectivity index (χ4n) is 1.75. The van der Waals surface area contributed by atoms with E-state index >= 15 is 0 Å². The zero-order chi connectivity index (χ0) is 13.7. The number of methoxy groups -OCH3 is 1. The Morgan fingerprint density at radius 1 is 1.42 bits per heavy atom. The summed E-state index contributed by atoms with van der Waals surface area (Å²) in [4.78, 5) is 12.1. The predicted molar refractivity (Wildman–Crippen MR) is 77.8 cm³/mol. The first-order chi connectivity index (χ1) is 9.20. The molecule has 4 nitrogen and oxygen atoms in total. The lowest BCUT2D eigenvalue weighted by atomic mass is 10.1. The Kier molecular flexibility index (Phi) is 4.41. The minimum Gasteiger partial charge on any atom is -0.496 e. The highest BCUT2D eigenvalue weighted by molar-refractivity contribution is 7.07. The SMILES string of the molecule is COc1ccc(N)cc1C(=O)NCCc1ccsc1. The molecular weight excluding hydrogens is 260 g/mol. The zero-order valence-corrected chi connectivity index (χ0v) is 11.5. The van der Waals surface area contributed by atoms with Crippen LogP contribution in [0, 0.1) is 0 Å². The van der Waals surface area contributed by atoms with Crippen LogP contribution in [0.4, 0.5) is 5.69 Å². The average molecular weight is 276 g/mol. The molecule has 0 fully saturated rings. The average Bonchev–Trinajstić information content (AvgIpc) is 2.91. The van der Waals surface area contributed by atoms with E-state index in [1.165, 1.54) is 12.7 Å². The van der Waals surface area contributed by atoms with Crippen LogP contribution in [0.1, 0.15) is 15.9 Å². The summed E-state index contributed by atoms with van der Waals surface area (Å²) in [7, 11) is 1.54. The molecule has 1 heterocycles. The first-order valence-electron chi connectivity index (χ1n) is 5.93. The minimum atomic E-state index is -0.167. The van der Waals surface area contributed by atoms with Crippen LogP contribution in [0.2, 0.25) is 0 Å². The van der Waals surface area contributed by atoms with E-state index in [0.717, 1.165) is 6.42 Å². The van der Waals surface area contributed by atoms with Crippen molar-refractivity contribution >= 4 is 22.9 Å². The first-order valence-corrected chi connectivity index (χ1v) is 6.88. The van der Waals surface area contributed by atoms with Gasteiger partial charge in [-0.25, -0.2) is 0 Å². The molecule has 0 aliphatic rings. The lowest BCUT2D eigenvalue weighted by Crippen LogP contribution is -2.26. The Balaban J connectivity index is 1.97. The second kappa shape index (κ2) is 6.24. The molecule has 3 N–H and O–H groups in total. The van der Waals surface area contributed by atoms with Gasteiger partial charge in [-0.2, -0.15) is 11.3 Å². The highest BCUT2D eigenvalue weighted by atomic mass is 32.1. The molecular formula is C14H16N2O2S. The van der Waals surface area contributed by atoms with Gasteiger partial charge in [0.15, 0.2) is 0 Å². The summed E-state index contributed by atoms with van der Waals surface area (Å²) < 4.78 is 5.16. The third-order valence-electron chi connectivity index (χ3n) is 2.75. The summed E-state index contributed by atoms with van der Waals surface area (Å²) in [5, 5.41) is 6.97. The van der Waals surface area contributed by atoms with Crippen molar-refractivity contribution in [3.05, 3.63) is 46.2 Å². The number of thiophene rings is 1. The standard InChI is InChI=1S/C14H16N2O2S/c1-18-13-3-2-11(15)8-12(13)14(17)16-6-4-10-5-7-19-9-10/h2-3,5,7-9H,4,6,15H2,1H3,(H,16,17). The van der Waals surface area contributed by atoms with Crippen LogP contribution in [-0.4, -0.2) is 19.6 Å². The number of rotatable bonds is 5. The number of nitrogen functional groups attached to an aromatic ring is 1. The van der Waals surface area contributed by atoms with Crippen molar-refractivity contribution in [1.29, 1.82) is 0 Å². The molecule has 0 atom stereocenters. The van der Waals surface area contributed by atoms with Gasteiger partial charge in [-0.1, -0.05) is 0 Å². The molecule has 0 saturated heterocycles. The van der Waals surface area contributed by atoms with Crippen LogP contribution in [0.5, 0.6) is 5.75 Å². The number of ether oxygens (including phenoxy) is 1. The van der Waals surface area contributed by atoms with E-state index in [0.29, 0.717) is 23.5 Å². The monoisotopic (exact) mass is 276 g/mol. The molecule has 0 saturated carbocycles. The van der Waals surface area contributed by atoms with Crippen molar-refractivity contribution in [3.8, 4) is 5.75 Å². The number of anilines is 1. The van der Waals surface area contributed by atoms with Crippen LogP contribution in [0.25, 0.3) is 0 Å². The Morgan fingerprint density at radius 2 is 2.26 bits per heavy atom. The fraction of sp³-hybridized carbons (Fsp3) is 0.214. The lowest BCUT2D eigenvalue weighted by Gasteiger charge is -2.09. The van der Waals surface area contributed by atoms with Gasteiger partial charge in [-0.05, 0) is 47.0 Å². The van der Waals surface area contributed by atoms with Crippen LogP contribution in [0.3, 0.4) is 0 Å². The second-order valence-electron chi connectivity index (χ2n) is 4.10. The number of benzene rings is 1. The summed E-state index contributed by atoms with van der Waals surface area (Å²) in [6.45, 7) is 0.591. The van der Waals surface area contributed by atoms with Crippen LogP contribution >= 0.6 is 11.3 Å². The Labute approximate surface area is 116 Å². The number of amides is 1. The van der Waals surface area contributed by atoms with Crippen molar-refractivity contribution in [2.24, 2.45) is 0 Å². The summed E-state index contributed by atoms with van der Waals surface area (Å²) in [6.07, 6.45) is 0.819. The Hall–Kier alpha value is -2.01. The van der Waals surface area contributed by atoms with Gasteiger partial charge < -0.3 is 15.8 Å². The molecule has 2 rings (SSSR count). The summed E-state index contributed by atoms with van der Waals surface area (Å²) in [5.41, 5.74) is 7.93. The molecule has 5 heteroatoms. The quantitative estimate of drug-likeness (QED) is 0.824. The Morgan fingerprint density at radius 3 is 2.95 bits per heavy atom. The van der Waals surface area contributed by atoms with E-state index in [9.17, 15) is 4.79 Å². The number of carbonyl (C=O) groups excluding carboxylic acids is 1. The van der Waals surface area contributed by atoms with Gasteiger partial charge in [0.05, 0.1) is 12.7 Å². The van der Waals surface area contributed by atoms with Gasteiger partial charge in [0.25, 0.3) is 5.91 Å². The molecule has 1 amide bonds. The Bertz CT molecular complexity index is 553. The van der Waals surface area contributed by atoms with E-state index in [1.54, 1.807) is 29.5 Å². The molecule has 0 radical (unpaired) electrons.